The number of carbonyl (C=O) groups excluding carboxylic acids is 1. The molecule has 3 aromatic rings. The minimum Gasteiger partial charge on any atom is -0.308 e. The number of benzene rings is 1. The smallest absolute Gasteiger partial charge is 0.259 e. The second kappa shape index (κ2) is 6.80. The van der Waals surface area contributed by atoms with Gasteiger partial charge in [0.25, 0.3) is 5.91 Å². The molecule has 0 atom stereocenters. The lowest BCUT2D eigenvalue weighted by atomic mass is 9.94. The zero-order valence-corrected chi connectivity index (χ0v) is 16.4. The summed E-state index contributed by atoms with van der Waals surface area (Å²) >= 11 is 0. The molecule has 0 bridgehead atoms. The number of hydrogen-bond donors (Lipinski definition) is 0. The Kier molecular flexibility index (Phi) is 4.46. The average Bonchev–Trinajstić information content (AvgIpc) is 3.10. The average molecular weight is 362 g/mol. The molecule has 27 heavy (non-hydrogen) atoms. The molecule has 3 heterocycles. The zero-order valence-electron chi connectivity index (χ0n) is 16.4. The molecule has 1 aliphatic rings. The van der Waals surface area contributed by atoms with E-state index >= 15 is 0 Å². The largest absolute Gasteiger partial charge is 0.308 e. The highest BCUT2D eigenvalue weighted by atomic mass is 16.2. The number of rotatable bonds is 3. The van der Waals surface area contributed by atoms with E-state index in [1.807, 2.05) is 15.6 Å². The van der Waals surface area contributed by atoms with Gasteiger partial charge in [-0.3, -0.25) is 4.79 Å². The van der Waals surface area contributed by atoms with Gasteiger partial charge in [-0.1, -0.05) is 26.0 Å². The topological polar surface area (TPSA) is 51.0 Å². The highest BCUT2D eigenvalue weighted by molar-refractivity contribution is 6.07. The predicted molar refractivity (Wildman–Crippen MR) is 108 cm³/mol. The van der Waals surface area contributed by atoms with Crippen LogP contribution in [0.15, 0.2) is 36.7 Å². The van der Waals surface area contributed by atoms with Crippen LogP contribution in [0.25, 0.3) is 11.0 Å². The van der Waals surface area contributed by atoms with Crippen LogP contribution in [0, 0.1) is 0 Å². The van der Waals surface area contributed by atoms with Crippen LogP contribution in [-0.4, -0.2) is 27.2 Å². The van der Waals surface area contributed by atoms with Gasteiger partial charge in [-0.25, -0.2) is 9.67 Å². The number of fused-ring (bicyclic) bond motifs is 2. The standard InChI is InChI=1S/C22H26N4O/c1-14(2)16-7-8-20-17(10-16)6-5-9-25(20)22(27)19-11-18-13-24-26(15(3)4)21(18)23-12-19/h7-8,10-15H,5-6,9H2,1-4H3. The molecule has 0 saturated carbocycles. The summed E-state index contributed by atoms with van der Waals surface area (Å²) in [5, 5.41) is 5.30. The summed E-state index contributed by atoms with van der Waals surface area (Å²) in [5.41, 5.74) is 5.07. The van der Waals surface area contributed by atoms with Crippen LogP contribution < -0.4 is 4.90 Å². The molecular formula is C22H26N4O. The normalized spacial score (nSPS) is 14.2. The number of hydrogen-bond acceptors (Lipinski definition) is 3. The summed E-state index contributed by atoms with van der Waals surface area (Å²) in [5.74, 6) is 0.505. The van der Waals surface area contributed by atoms with Crippen molar-refractivity contribution < 1.29 is 4.79 Å². The van der Waals surface area contributed by atoms with Crippen molar-refractivity contribution >= 4 is 22.6 Å². The Balaban J connectivity index is 1.69. The van der Waals surface area contributed by atoms with Crippen molar-refractivity contribution in [2.75, 3.05) is 11.4 Å². The predicted octanol–water partition coefficient (Wildman–Crippen LogP) is 4.73. The summed E-state index contributed by atoms with van der Waals surface area (Å²) < 4.78 is 1.88. The molecule has 2 aromatic heterocycles. The van der Waals surface area contributed by atoms with Gasteiger partial charge in [0, 0.05) is 29.9 Å². The third-order valence-electron chi connectivity index (χ3n) is 5.30. The molecule has 0 saturated heterocycles. The van der Waals surface area contributed by atoms with Gasteiger partial charge in [0.1, 0.15) is 0 Å². The quantitative estimate of drug-likeness (QED) is 0.677. The fraction of sp³-hybridized carbons (Fsp3) is 0.409. The second-order valence-electron chi connectivity index (χ2n) is 7.92. The number of carbonyl (C=O) groups is 1. The Labute approximate surface area is 160 Å². The van der Waals surface area contributed by atoms with Crippen LogP contribution in [0.4, 0.5) is 5.69 Å². The van der Waals surface area contributed by atoms with E-state index in [-0.39, 0.29) is 11.9 Å². The fourth-order valence-corrected chi connectivity index (χ4v) is 3.78. The minimum absolute atomic E-state index is 0.0138. The lowest BCUT2D eigenvalue weighted by Gasteiger charge is -2.30. The van der Waals surface area contributed by atoms with Crippen molar-refractivity contribution in [1.29, 1.82) is 0 Å². The fourth-order valence-electron chi connectivity index (χ4n) is 3.78. The molecular weight excluding hydrogens is 336 g/mol. The molecule has 0 fully saturated rings. The zero-order chi connectivity index (χ0) is 19.1. The van der Waals surface area contributed by atoms with E-state index in [9.17, 15) is 4.79 Å². The monoisotopic (exact) mass is 362 g/mol. The second-order valence-corrected chi connectivity index (χ2v) is 7.92. The van der Waals surface area contributed by atoms with Gasteiger partial charge in [-0.05, 0) is 55.9 Å². The molecule has 1 amide bonds. The number of amides is 1. The lowest BCUT2D eigenvalue weighted by Crippen LogP contribution is -2.35. The van der Waals surface area contributed by atoms with Crippen molar-refractivity contribution in [3.05, 3.63) is 53.3 Å². The van der Waals surface area contributed by atoms with Crippen LogP contribution in [0.2, 0.25) is 0 Å². The van der Waals surface area contributed by atoms with Crippen LogP contribution in [0.1, 0.15) is 67.6 Å². The van der Waals surface area contributed by atoms with Crippen LogP contribution in [0.5, 0.6) is 0 Å². The van der Waals surface area contributed by atoms with Crippen molar-refractivity contribution in [3.8, 4) is 0 Å². The van der Waals surface area contributed by atoms with Gasteiger partial charge in [0.2, 0.25) is 0 Å². The minimum atomic E-state index is 0.0138. The van der Waals surface area contributed by atoms with E-state index in [4.69, 9.17) is 0 Å². The van der Waals surface area contributed by atoms with E-state index in [0.717, 1.165) is 36.1 Å². The SMILES string of the molecule is CC(C)c1ccc2c(c1)CCCN2C(=O)c1cnc2c(cnn2C(C)C)c1. The highest BCUT2D eigenvalue weighted by Crippen LogP contribution is 2.31. The van der Waals surface area contributed by atoms with Gasteiger partial charge < -0.3 is 4.90 Å². The van der Waals surface area contributed by atoms with Crippen LogP contribution in [-0.2, 0) is 6.42 Å². The molecule has 4 rings (SSSR count). The Bertz CT molecular complexity index is 1000. The summed E-state index contributed by atoms with van der Waals surface area (Å²) in [6.07, 6.45) is 5.49. The molecule has 0 radical (unpaired) electrons. The summed E-state index contributed by atoms with van der Waals surface area (Å²) in [6.45, 7) is 9.29. The highest BCUT2D eigenvalue weighted by Gasteiger charge is 2.25. The summed E-state index contributed by atoms with van der Waals surface area (Å²) in [7, 11) is 0. The van der Waals surface area contributed by atoms with Crippen LogP contribution in [0.3, 0.4) is 0 Å². The molecule has 0 spiro atoms. The Morgan fingerprint density at radius 3 is 2.67 bits per heavy atom. The van der Waals surface area contributed by atoms with Crippen molar-refractivity contribution in [3.63, 3.8) is 0 Å². The molecule has 5 heteroatoms. The maximum atomic E-state index is 13.2. The first-order chi connectivity index (χ1) is 13.0. The van der Waals surface area contributed by atoms with Gasteiger partial charge in [-0.15, -0.1) is 0 Å². The number of aryl methyl sites for hydroxylation is 1. The first-order valence-electron chi connectivity index (χ1n) is 9.73. The Morgan fingerprint density at radius 1 is 1.11 bits per heavy atom. The van der Waals surface area contributed by atoms with Crippen molar-refractivity contribution in [2.45, 2.75) is 52.5 Å². The summed E-state index contributed by atoms with van der Waals surface area (Å²) in [6, 6.07) is 8.65. The number of pyridine rings is 1. The maximum Gasteiger partial charge on any atom is 0.259 e. The molecule has 5 nitrogen and oxygen atoms in total. The molecule has 0 N–H and O–H groups in total. The van der Waals surface area contributed by atoms with E-state index in [2.05, 4.69) is 56.0 Å². The first-order valence-corrected chi connectivity index (χ1v) is 9.73. The van der Waals surface area contributed by atoms with Gasteiger partial charge >= 0.3 is 0 Å². The van der Waals surface area contributed by atoms with Gasteiger partial charge in [0.05, 0.1) is 11.8 Å². The molecule has 0 aliphatic carbocycles. The maximum absolute atomic E-state index is 13.2. The molecule has 140 valence electrons. The summed E-state index contributed by atoms with van der Waals surface area (Å²) in [4.78, 5) is 19.7. The number of aromatic nitrogens is 3. The third kappa shape index (κ3) is 3.11. The van der Waals surface area contributed by atoms with E-state index in [1.165, 1.54) is 11.1 Å². The van der Waals surface area contributed by atoms with Gasteiger partial charge in [0.15, 0.2) is 5.65 Å². The van der Waals surface area contributed by atoms with Gasteiger partial charge in [-0.2, -0.15) is 5.10 Å². The van der Waals surface area contributed by atoms with E-state index in [1.54, 1.807) is 12.4 Å². The van der Waals surface area contributed by atoms with Crippen LogP contribution >= 0.6 is 0 Å². The van der Waals surface area contributed by atoms with E-state index in [0.29, 0.717) is 11.5 Å². The Hall–Kier alpha value is -2.69. The third-order valence-corrected chi connectivity index (χ3v) is 5.30. The number of anilines is 1. The molecule has 0 unspecified atom stereocenters. The van der Waals surface area contributed by atoms with E-state index < -0.39 is 0 Å². The first kappa shape index (κ1) is 17.7. The molecule has 1 aliphatic heterocycles. The number of nitrogens with zero attached hydrogens (tertiary/aromatic N) is 4. The molecule has 1 aromatic carbocycles. The Morgan fingerprint density at radius 2 is 1.93 bits per heavy atom. The van der Waals surface area contributed by atoms with Crippen molar-refractivity contribution in [1.82, 2.24) is 14.8 Å². The lowest BCUT2D eigenvalue weighted by molar-refractivity contribution is 0.0985. The van der Waals surface area contributed by atoms with Crippen molar-refractivity contribution in [2.24, 2.45) is 0 Å².